The molecule has 4 N–H and O–H groups in total. The Bertz CT molecular complexity index is 333. The largest absolute Gasteiger partial charge is 0.368 e. The van der Waals surface area contributed by atoms with Crippen LogP contribution in [0.5, 0.6) is 0 Å². The molecule has 0 saturated carbocycles. The van der Waals surface area contributed by atoms with E-state index in [2.05, 4.69) is 16.6 Å². The van der Waals surface area contributed by atoms with E-state index >= 15 is 0 Å². The average Bonchev–Trinajstić information content (AvgIpc) is 2.24. The summed E-state index contributed by atoms with van der Waals surface area (Å²) in [7, 11) is 0. The number of nitrogens with one attached hydrogen (secondary N) is 2. The molecule has 0 fully saturated rings. The summed E-state index contributed by atoms with van der Waals surface area (Å²) in [6.45, 7) is 7.24. The summed E-state index contributed by atoms with van der Waals surface area (Å²) >= 11 is 0. The third-order valence-electron chi connectivity index (χ3n) is 2.94. The SMILES string of the molecule is C#CCNC(=O)C(C)NC(C)(C(N)=O)C(C)C. The number of carbonyl (C=O) groups is 2. The summed E-state index contributed by atoms with van der Waals surface area (Å²) in [5.74, 6) is 1.55. The van der Waals surface area contributed by atoms with Crippen LogP contribution in [0.3, 0.4) is 0 Å². The van der Waals surface area contributed by atoms with E-state index in [-0.39, 0.29) is 18.4 Å². The zero-order chi connectivity index (χ0) is 13.6. The molecular formula is C12H21N3O2. The van der Waals surface area contributed by atoms with Crippen molar-refractivity contribution >= 4 is 11.8 Å². The Hall–Kier alpha value is -1.54. The molecule has 0 aliphatic heterocycles. The lowest BCUT2D eigenvalue weighted by Gasteiger charge is -2.34. The van der Waals surface area contributed by atoms with Gasteiger partial charge in [-0.25, -0.2) is 0 Å². The molecule has 0 aromatic carbocycles. The van der Waals surface area contributed by atoms with Gasteiger partial charge in [-0.05, 0) is 19.8 Å². The van der Waals surface area contributed by atoms with E-state index in [1.54, 1.807) is 13.8 Å². The summed E-state index contributed by atoms with van der Waals surface area (Å²) in [5.41, 5.74) is 4.43. The minimum atomic E-state index is -0.924. The van der Waals surface area contributed by atoms with E-state index < -0.39 is 17.5 Å². The Balaban J connectivity index is 4.64. The molecule has 0 radical (unpaired) electrons. The number of primary amides is 1. The van der Waals surface area contributed by atoms with E-state index in [4.69, 9.17) is 12.2 Å². The first-order valence-corrected chi connectivity index (χ1v) is 5.54. The van der Waals surface area contributed by atoms with Crippen molar-refractivity contribution in [2.45, 2.75) is 39.3 Å². The van der Waals surface area contributed by atoms with Crippen LogP contribution in [0.1, 0.15) is 27.7 Å². The van der Waals surface area contributed by atoms with Crippen LogP contribution < -0.4 is 16.4 Å². The van der Waals surface area contributed by atoms with Crippen molar-refractivity contribution in [2.75, 3.05) is 6.54 Å². The van der Waals surface area contributed by atoms with Crippen molar-refractivity contribution in [3.8, 4) is 12.3 Å². The van der Waals surface area contributed by atoms with Crippen LogP contribution in [0.25, 0.3) is 0 Å². The van der Waals surface area contributed by atoms with Gasteiger partial charge in [0.15, 0.2) is 0 Å². The van der Waals surface area contributed by atoms with Crippen molar-refractivity contribution in [3.63, 3.8) is 0 Å². The van der Waals surface area contributed by atoms with Crippen LogP contribution in [0, 0.1) is 18.3 Å². The Morgan fingerprint density at radius 2 is 1.94 bits per heavy atom. The van der Waals surface area contributed by atoms with Crippen LogP contribution in [-0.4, -0.2) is 29.9 Å². The second-order valence-electron chi connectivity index (χ2n) is 4.51. The Kier molecular flexibility index (Phi) is 5.69. The fraction of sp³-hybridized carbons (Fsp3) is 0.667. The number of carbonyl (C=O) groups excluding carboxylic acids is 2. The van der Waals surface area contributed by atoms with Gasteiger partial charge < -0.3 is 11.1 Å². The van der Waals surface area contributed by atoms with Crippen molar-refractivity contribution in [1.29, 1.82) is 0 Å². The van der Waals surface area contributed by atoms with Crippen LogP contribution >= 0.6 is 0 Å². The maximum absolute atomic E-state index is 11.6. The molecule has 0 aromatic heterocycles. The van der Waals surface area contributed by atoms with Crippen molar-refractivity contribution < 1.29 is 9.59 Å². The highest BCUT2D eigenvalue weighted by Crippen LogP contribution is 2.16. The van der Waals surface area contributed by atoms with Crippen LogP contribution in [0.2, 0.25) is 0 Å². The maximum atomic E-state index is 11.6. The molecule has 2 atom stereocenters. The topological polar surface area (TPSA) is 84.2 Å². The van der Waals surface area contributed by atoms with Gasteiger partial charge in [-0.15, -0.1) is 6.42 Å². The lowest BCUT2D eigenvalue weighted by atomic mass is 9.87. The standard InChI is InChI=1S/C12H21N3O2/c1-6-7-14-10(16)9(4)15-12(5,8(2)3)11(13)17/h1,8-9,15H,7H2,2-5H3,(H2,13,17)(H,14,16). The zero-order valence-electron chi connectivity index (χ0n) is 10.8. The Labute approximate surface area is 103 Å². The number of amides is 2. The first-order chi connectivity index (χ1) is 7.75. The highest BCUT2D eigenvalue weighted by molar-refractivity contribution is 5.87. The second kappa shape index (κ2) is 6.26. The highest BCUT2D eigenvalue weighted by Gasteiger charge is 2.36. The molecular weight excluding hydrogens is 218 g/mol. The van der Waals surface area contributed by atoms with Gasteiger partial charge >= 0.3 is 0 Å². The second-order valence-corrected chi connectivity index (χ2v) is 4.51. The number of hydrogen-bond acceptors (Lipinski definition) is 3. The lowest BCUT2D eigenvalue weighted by Crippen LogP contribution is -2.62. The maximum Gasteiger partial charge on any atom is 0.237 e. The van der Waals surface area contributed by atoms with Gasteiger partial charge in [-0.3, -0.25) is 14.9 Å². The zero-order valence-corrected chi connectivity index (χ0v) is 10.8. The molecule has 0 aromatic rings. The molecule has 5 heteroatoms. The molecule has 17 heavy (non-hydrogen) atoms. The fourth-order valence-electron chi connectivity index (χ4n) is 1.33. The third kappa shape index (κ3) is 4.08. The Morgan fingerprint density at radius 3 is 2.29 bits per heavy atom. The minimum Gasteiger partial charge on any atom is -0.368 e. The predicted octanol–water partition coefficient (Wildman–Crippen LogP) is -0.386. The van der Waals surface area contributed by atoms with E-state index in [0.29, 0.717) is 0 Å². The molecule has 0 spiro atoms. The van der Waals surface area contributed by atoms with Gasteiger partial charge in [0.2, 0.25) is 11.8 Å². The molecule has 0 rings (SSSR count). The monoisotopic (exact) mass is 239 g/mol. The normalized spacial score (nSPS) is 15.8. The third-order valence-corrected chi connectivity index (χ3v) is 2.94. The van der Waals surface area contributed by atoms with Gasteiger partial charge in [0.1, 0.15) is 0 Å². The lowest BCUT2D eigenvalue weighted by molar-refractivity contribution is -0.128. The van der Waals surface area contributed by atoms with Crippen molar-refractivity contribution in [1.82, 2.24) is 10.6 Å². The van der Waals surface area contributed by atoms with Gasteiger partial charge in [-0.1, -0.05) is 19.8 Å². The number of rotatable bonds is 6. The van der Waals surface area contributed by atoms with Gasteiger partial charge in [0.05, 0.1) is 18.1 Å². The number of nitrogens with two attached hydrogens (primary N) is 1. The van der Waals surface area contributed by atoms with E-state index in [0.717, 1.165) is 0 Å². The molecule has 0 heterocycles. The minimum absolute atomic E-state index is 0.0251. The first kappa shape index (κ1) is 15.5. The number of hydrogen-bond donors (Lipinski definition) is 3. The predicted molar refractivity (Wildman–Crippen MR) is 66.9 cm³/mol. The highest BCUT2D eigenvalue weighted by atomic mass is 16.2. The summed E-state index contributed by atoms with van der Waals surface area (Å²) in [6.07, 6.45) is 5.04. The smallest absolute Gasteiger partial charge is 0.237 e. The molecule has 0 aliphatic rings. The van der Waals surface area contributed by atoms with Crippen molar-refractivity contribution in [2.24, 2.45) is 11.7 Å². The molecule has 2 unspecified atom stereocenters. The summed E-state index contributed by atoms with van der Waals surface area (Å²) in [6, 6.07) is -0.539. The summed E-state index contributed by atoms with van der Waals surface area (Å²) < 4.78 is 0. The van der Waals surface area contributed by atoms with E-state index in [9.17, 15) is 9.59 Å². The molecule has 0 aliphatic carbocycles. The van der Waals surface area contributed by atoms with Crippen LogP contribution in [0.4, 0.5) is 0 Å². The first-order valence-electron chi connectivity index (χ1n) is 5.54. The van der Waals surface area contributed by atoms with Gasteiger partial charge in [-0.2, -0.15) is 0 Å². The van der Waals surface area contributed by atoms with E-state index in [1.807, 2.05) is 13.8 Å². The quantitative estimate of drug-likeness (QED) is 0.552. The molecule has 5 nitrogen and oxygen atoms in total. The molecule has 0 bridgehead atoms. The fourth-order valence-corrected chi connectivity index (χ4v) is 1.33. The molecule has 96 valence electrons. The number of terminal acetylenes is 1. The Morgan fingerprint density at radius 1 is 1.41 bits per heavy atom. The summed E-state index contributed by atoms with van der Waals surface area (Å²) in [4.78, 5) is 23.0. The molecule has 2 amide bonds. The molecule has 0 saturated heterocycles. The van der Waals surface area contributed by atoms with Crippen LogP contribution in [-0.2, 0) is 9.59 Å². The summed E-state index contributed by atoms with van der Waals surface area (Å²) in [5, 5.41) is 5.49. The van der Waals surface area contributed by atoms with Gasteiger partial charge in [0, 0.05) is 0 Å². The van der Waals surface area contributed by atoms with Crippen LogP contribution in [0.15, 0.2) is 0 Å². The average molecular weight is 239 g/mol. The van der Waals surface area contributed by atoms with Gasteiger partial charge in [0.25, 0.3) is 0 Å². The van der Waals surface area contributed by atoms with Crippen molar-refractivity contribution in [3.05, 3.63) is 0 Å². The van der Waals surface area contributed by atoms with E-state index in [1.165, 1.54) is 0 Å².